The molecule has 4 rings (SSSR count). The molecule has 2 N–H and O–H groups in total. The van der Waals surface area contributed by atoms with E-state index in [9.17, 15) is 9.90 Å². The number of benzene rings is 2. The van der Waals surface area contributed by atoms with Crippen molar-refractivity contribution >= 4 is 22.4 Å². The Morgan fingerprint density at radius 3 is 2.73 bits per heavy atom. The number of anilines is 1. The number of phenols is 1. The molecule has 0 radical (unpaired) electrons. The summed E-state index contributed by atoms with van der Waals surface area (Å²) in [6, 6.07) is 12.9. The van der Waals surface area contributed by atoms with E-state index in [1.54, 1.807) is 18.3 Å². The summed E-state index contributed by atoms with van der Waals surface area (Å²) in [6.07, 6.45) is 1.66. The second-order valence-electron chi connectivity index (χ2n) is 6.78. The summed E-state index contributed by atoms with van der Waals surface area (Å²) in [4.78, 5) is 17.2. The highest BCUT2D eigenvalue weighted by Gasteiger charge is 2.44. The summed E-state index contributed by atoms with van der Waals surface area (Å²) in [5, 5.41) is 15.6. The number of nitrogens with one attached hydrogen (secondary N) is 1. The number of fused-ring (bicyclic) bond motifs is 2. The molecule has 26 heavy (non-hydrogen) atoms. The molecule has 2 heterocycles. The van der Waals surface area contributed by atoms with Gasteiger partial charge in [-0.1, -0.05) is 44.2 Å². The molecule has 1 atom stereocenters. The van der Waals surface area contributed by atoms with Crippen LogP contribution in [0.5, 0.6) is 17.2 Å². The molecule has 0 saturated heterocycles. The zero-order valence-corrected chi connectivity index (χ0v) is 15.2. The van der Waals surface area contributed by atoms with Crippen molar-refractivity contribution in [1.29, 1.82) is 0 Å². The number of carbonyl (C=O) groups is 1. The van der Waals surface area contributed by atoms with E-state index in [-0.39, 0.29) is 17.6 Å². The van der Waals surface area contributed by atoms with Gasteiger partial charge in [0, 0.05) is 28.6 Å². The second kappa shape index (κ2) is 6.14. The summed E-state index contributed by atoms with van der Waals surface area (Å²) in [6.45, 7) is 3.80. The van der Waals surface area contributed by atoms with Gasteiger partial charge in [0.2, 0.25) is 5.91 Å². The van der Waals surface area contributed by atoms with E-state index in [0.717, 1.165) is 11.1 Å². The van der Waals surface area contributed by atoms with Gasteiger partial charge in [-0.15, -0.1) is 11.3 Å². The van der Waals surface area contributed by atoms with Crippen molar-refractivity contribution in [2.45, 2.75) is 19.8 Å². The minimum Gasteiger partial charge on any atom is -0.504 e. The zero-order chi connectivity index (χ0) is 18.3. The molecule has 6 heteroatoms. The van der Waals surface area contributed by atoms with E-state index in [0.29, 0.717) is 16.6 Å². The first-order valence-electron chi connectivity index (χ1n) is 8.28. The number of para-hydroxylation sites is 2. The van der Waals surface area contributed by atoms with Crippen molar-refractivity contribution in [1.82, 2.24) is 4.98 Å². The number of hydrogen-bond acceptors (Lipinski definition) is 5. The van der Waals surface area contributed by atoms with E-state index < -0.39 is 5.41 Å². The number of ether oxygens (including phenoxy) is 1. The molecule has 0 aliphatic carbocycles. The third-order valence-corrected chi connectivity index (χ3v) is 5.43. The topological polar surface area (TPSA) is 71.5 Å². The Morgan fingerprint density at radius 1 is 1.19 bits per heavy atom. The van der Waals surface area contributed by atoms with E-state index >= 15 is 0 Å². The lowest BCUT2D eigenvalue weighted by molar-refractivity contribution is -0.124. The van der Waals surface area contributed by atoms with Crippen LogP contribution < -0.4 is 10.1 Å². The number of amides is 1. The van der Waals surface area contributed by atoms with Crippen molar-refractivity contribution in [3.8, 4) is 17.2 Å². The summed E-state index contributed by atoms with van der Waals surface area (Å²) in [5.41, 5.74) is 0.918. The molecule has 1 aliphatic rings. The van der Waals surface area contributed by atoms with Gasteiger partial charge in [-0.3, -0.25) is 4.79 Å². The fraction of sp³-hybridized carbons (Fsp3) is 0.200. The Labute approximate surface area is 155 Å². The normalized spacial score (nSPS) is 15.5. The van der Waals surface area contributed by atoms with Crippen LogP contribution >= 0.6 is 11.3 Å². The molecule has 0 saturated carbocycles. The number of aromatic nitrogens is 1. The highest BCUT2D eigenvalue weighted by molar-refractivity contribution is 7.13. The minimum atomic E-state index is -0.798. The van der Waals surface area contributed by atoms with Crippen LogP contribution in [-0.2, 0) is 4.79 Å². The maximum Gasteiger partial charge on any atom is 0.232 e. The van der Waals surface area contributed by atoms with Gasteiger partial charge in [-0.2, -0.15) is 0 Å². The van der Waals surface area contributed by atoms with Crippen LogP contribution in [0.15, 0.2) is 54.0 Å². The molecule has 1 aromatic heterocycles. The molecule has 1 amide bonds. The highest BCUT2D eigenvalue weighted by atomic mass is 32.1. The maximum absolute atomic E-state index is 13.1. The first-order valence-corrected chi connectivity index (χ1v) is 9.16. The van der Waals surface area contributed by atoms with Gasteiger partial charge in [0.15, 0.2) is 16.6 Å². The summed E-state index contributed by atoms with van der Waals surface area (Å²) < 4.78 is 5.93. The number of carbonyl (C=O) groups excluding carboxylic acids is 1. The van der Waals surface area contributed by atoms with Crippen molar-refractivity contribution in [2.75, 3.05) is 5.32 Å². The average Bonchev–Trinajstić information content (AvgIpc) is 3.13. The zero-order valence-electron chi connectivity index (χ0n) is 14.4. The Bertz CT molecular complexity index is 967. The Hall–Kier alpha value is -2.86. The summed E-state index contributed by atoms with van der Waals surface area (Å²) >= 11 is 1.38. The Morgan fingerprint density at radius 2 is 1.96 bits per heavy atom. The van der Waals surface area contributed by atoms with Crippen LogP contribution in [0.2, 0.25) is 0 Å². The molecule has 3 aromatic rings. The van der Waals surface area contributed by atoms with Gasteiger partial charge >= 0.3 is 0 Å². The van der Waals surface area contributed by atoms with Gasteiger partial charge in [-0.05, 0) is 12.1 Å². The van der Waals surface area contributed by atoms with E-state index in [4.69, 9.17) is 4.74 Å². The van der Waals surface area contributed by atoms with Gasteiger partial charge in [0.05, 0.1) is 5.41 Å². The molecule has 5 nitrogen and oxygen atoms in total. The number of rotatable bonds is 3. The lowest BCUT2D eigenvalue weighted by atomic mass is 9.69. The van der Waals surface area contributed by atoms with E-state index in [2.05, 4.69) is 10.3 Å². The monoisotopic (exact) mass is 366 g/mol. The third-order valence-electron chi connectivity index (χ3n) is 4.74. The number of aromatic hydroxyl groups is 1. The van der Waals surface area contributed by atoms with Crippen LogP contribution in [0.25, 0.3) is 0 Å². The fourth-order valence-electron chi connectivity index (χ4n) is 3.42. The summed E-state index contributed by atoms with van der Waals surface area (Å²) in [7, 11) is 0. The second-order valence-corrected chi connectivity index (χ2v) is 7.68. The van der Waals surface area contributed by atoms with Crippen molar-refractivity contribution in [3.05, 3.63) is 65.2 Å². The van der Waals surface area contributed by atoms with Gasteiger partial charge in [0.1, 0.15) is 5.75 Å². The highest BCUT2D eigenvalue weighted by Crippen LogP contribution is 2.54. The molecule has 1 unspecified atom stereocenters. The van der Waals surface area contributed by atoms with Crippen molar-refractivity contribution < 1.29 is 14.6 Å². The lowest BCUT2D eigenvalue weighted by Gasteiger charge is -2.38. The fourth-order valence-corrected chi connectivity index (χ4v) is 3.95. The third kappa shape index (κ3) is 2.63. The van der Waals surface area contributed by atoms with Crippen LogP contribution in [-0.4, -0.2) is 16.0 Å². The predicted molar refractivity (Wildman–Crippen MR) is 101 cm³/mol. The standard InChI is InChI=1S/C20H18N2O3S/c1-20(2,18(24)22-19-21-10-11-26-19)16-12-6-3-4-9-15(12)25-17-13(16)7-5-8-14(17)23/h3-11,16,23H,1-2H3,(H,21,22,24). The van der Waals surface area contributed by atoms with Crippen LogP contribution in [0.1, 0.15) is 30.9 Å². The predicted octanol–water partition coefficient (Wildman–Crippen LogP) is 4.75. The van der Waals surface area contributed by atoms with E-state index in [1.165, 1.54) is 11.3 Å². The lowest BCUT2D eigenvalue weighted by Crippen LogP contribution is -2.38. The Kier molecular flexibility index (Phi) is 3.92. The van der Waals surface area contributed by atoms with E-state index in [1.807, 2.05) is 49.6 Å². The molecule has 2 aromatic carbocycles. The maximum atomic E-state index is 13.1. The molecular weight excluding hydrogens is 348 g/mol. The SMILES string of the molecule is CC(C)(C(=O)Nc1nccs1)C1c2ccccc2Oc2c(O)cccc21. The van der Waals surface area contributed by atoms with Gasteiger partial charge in [0.25, 0.3) is 0 Å². The smallest absolute Gasteiger partial charge is 0.232 e. The van der Waals surface area contributed by atoms with Crippen LogP contribution in [0.3, 0.4) is 0 Å². The summed E-state index contributed by atoms with van der Waals surface area (Å²) in [5.74, 6) is 0.726. The molecule has 1 aliphatic heterocycles. The van der Waals surface area contributed by atoms with Crippen LogP contribution in [0.4, 0.5) is 5.13 Å². The first kappa shape index (κ1) is 16.6. The van der Waals surface area contributed by atoms with Gasteiger partial charge in [-0.25, -0.2) is 4.98 Å². The van der Waals surface area contributed by atoms with Gasteiger partial charge < -0.3 is 15.2 Å². The molecule has 0 fully saturated rings. The largest absolute Gasteiger partial charge is 0.504 e. The van der Waals surface area contributed by atoms with Crippen molar-refractivity contribution in [2.24, 2.45) is 5.41 Å². The average molecular weight is 366 g/mol. The molecule has 0 bridgehead atoms. The first-order chi connectivity index (χ1) is 12.5. The molecule has 132 valence electrons. The number of nitrogens with zero attached hydrogens (tertiary/aromatic N) is 1. The van der Waals surface area contributed by atoms with Crippen molar-refractivity contribution in [3.63, 3.8) is 0 Å². The molecular formula is C20H18N2O3S. The molecule has 0 spiro atoms. The van der Waals surface area contributed by atoms with Crippen LogP contribution in [0, 0.1) is 5.41 Å². The minimum absolute atomic E-state index is 0.0677. The quantitative estimate of drug-likeness (QED) is 0.702. The Balaban J connectivity index is 1.82. The number of hydrogen-bond donors (Lipinski definition) is 2. The number of phenolic OH excluding ortho intramolecular Hbond substituents is 1. The number of thiazole rings is 1.